The normalized spacial score (nSPS) is 30.0. The van der Waals surface area contributed by atoms with Gasteiger partial charge in [-0.25, -0.2) is 4.79 Å². The average Bonchev–Trinajstić information content (AvgIpc) is 2.59. The number of carbonyl (C=O) groups is 1. The van der Waals surface area contributed by atoms with E-state index < -0.39 is 0 Å². The van der Waals surface area contributed by atoms with Gasteiger partial charge in [-0.05, 0) is 13.3 Å². The fourth-order valence-corrected chi connectivity index (χ4v) is 2.17. The van der Waals surface area contributed by atoms with E-state index in [0.29, 0.717) is 18.7 Å². The van der Waals surface area contributed by atoms with Crippen molar-refractivity contribution in [2.75, 3.05) is 26.2 Å². The summed E-state index contributed by atoms with van der Waals surface area (Å²) in [7, 11) is 0. The molecule has 2 saturated heterocycles. The molecule has 2 aliphatic rings. The predicted molar refractivity (Wildman–Crippen MR) is 53.2 cm³/mol. The zero-order valence-electron chi connectivity index (χ0n) is 8.90. The lowest BCUT2D eigenvalue weighted by molar-refractivity contribution is 0.0924. The minimum atomic E-state index is -0.126. The van der Waals surface area contributed by atoms with E-state index in [1.807, 2.05) is 4.90 Å². The van der Waals surface area contributed by atoms with Crippen molar-refractivity contribution in [2.24, 2.45) is 0 Å². The van der Waals surface area contributed by atoms with Gasteiger partial charge in [-0.2, -0.15) is 0 Å². The average molecular weight is 198 g/mol. The van der Waals surface area contributed by atoms with Crippen molar-refractivity contribution in [1.82, 2.24) is 9.80 Å². The zero-order valence-corrected chi connectivity index (χ0v) is 8.90. The first-order chi connectivity index (χ1) is 6.72. The Hall–Kier alpha value is -0.770. The van der Waals surface area contributed by atoms with E-state index in [-0.39, 0.29) is 6.09 Å². The van der Waals surface area contributed by atoms with Crippen LogP contribution in [0, 0.1) is 0 Å². The fraction of sp³-hybridized carbons (Fsp3) is 0.900. The molecule has 2 heterocycles. The summed E-state index contributed by atoms with van der Waals surface area (Å²) in [6.07, 6.45) is 1.04. The van der Waals surface area contributed by atoms with Crippen LogP contribution < -0.4 is 0 Å². The highest BCUT2D eigenvalue weighted by atomic mass is 16.6. The van der Waals surface area contributed by atoms with Gasteiger partial charge in [0.25, 0.3) is 0 Å². The molecule has 0 spiro atoms. The molecule has 0 aliphatic carbocycles. The topological polar surface area (TPSA) is 32.8 Å². The second-order valence-corrected chi connectivity index (χ2v) is 4.18. The van der Waals surface area contributed by atoms with E-state index in [0.717, 1.165) is 19.6 Å². The first-order valence-electron chi connectivity index (χ1n) is 5.39. The van der Waals surface area contributed by atoms with Crippen LogP contribution in [-0.2, 0) is 4.74 Å². The Morgan fingerprint density at radius 1 is 1.57 bits per heavy atom. The number of amides is 1. The fourth-order valence-electron chi connectivity index (χ4n) is 2.17. The Kier molecular flexibility index (Phi) is 2.63. The molecule has 0 bridgehead atoms. The van der Waals surface area contributed by atoms with Gasteiger partial charge >= 0.3 is 6.09 Å². The number of nitrogens with zero attached hydrogens (tertiary/aromatic N) is 2. The minimum absolute atomic E-state index is 0.126. The Bertz CT molecular complexity index is 232. The number of piperazine rings is 1. The summed E-state index contributed by atoms with van der Waals surface area (Å²) in [6, 6.07) is 0.915. The second kappa shape index (κ2) is 3.77. The SMILES string of the molecule is CCC(C)N1CCN2C(=O)OCC2C1. The molecule has 2 atom stereocenters. The molecule has 0 aromatic heterocycles. The molecular weight excluding hydrogens is 180 g/mol. The molecule has 0 radical (unpaired) electrons. The third-order valence-corrected chi connectivity index (χ3v) is 3.36. The van der Waals surface area contributed by atoms with Crippen LogP contribution in [0.25, 0.3) is 0 Å². The van der Waals surface area contributed by atoms with Crippen LogP contribution in [0.5, 0.6) is 0 Å². The first kappa shape index (κ1) is 9.77. The Balaban J connectivity index is 1.95. The lowest BCUT2D eigenvalue weighted by Crippen LogP contribution is -2.54. The van der Waals surface area contributed by atoms with Crippen LogP contribution in [0.2, 0.25) is 0 Å². The molecule has 2 fully saturated rings. The van der Waals surface area contributed by atoms with E-state index in [1.165, 1.54) is 6.42 Å². The highest BCUT2D eigenvalue weighted by Gasteiger charge is 2.37. The van der Waals surface area contributed by atoms with E-state index in [4.69, 9.17) is 4.74 Å². The maximum Gasteiger partial charge on any atom is 0.410 e. The summed E-state index contributed by atoms with van der Waals surface area (Å²) in [6.45, 7) is 7.81. The number of cyclic esters (lactones) is 1. The third-order valence-electron chi connectivity index (χ3n) is 3.36. The minimum Gasteiger partial charge on any atom is -0.447 e. The monoisotopic (exact) mass is 198 g/mol. The number of hydrogen-bond acceptors (Lipinski definition) is 3. The molecule has 80 valence electrons. The van der Waals surface area contributed by atoms with Crippen molar-refractivity contribution >= 4 is 6.09 Å². The first-order valence-corrected chi connectivity index (χ1v) is 5.39. The number of ether oxygens (including phenoxy) is 1. The van der Waals surface area contributed by atoms with Crippen molar-refractivity contribution in [3.8, 4) is 0 Å². The van der Waals surface area contributed by atoms with Crippen molar-refractivity contribution < 1.29 is 9.53 Å². The molecular formula is C10H18N2O2. The van der Waals surface area contributed by atoms with E-state index in [2.05, 4.69) is 18.7 Å². The van der Waals surface area contributed by atoms with Crippen LogP contribution in [0.15, 0.2) is 0 Å². The van der Waals surface area contributed by atoms with Gasteiger partial charge in [0.05, 0.1) is 6.04 Å². The lowest BCUT2D eigenvalue weighted by Gasteiger charge is -2.38. The molecule has 0 saturated carbocycles. The second-order valence-electron chi connectivity index (χ2n) is 4.18. The van der Waals surface area contributed by atoms with Gasteiger partial charge in [-0.15, -0.1) is 0 Å². The van der Waals surface area contributed by atoms with Crippen LogP contribution in [-0.4, -0.2) is 54.2 Å². The molecule has 0 aromatic carbocycles. The summed E-state index contributed by atoms with van der Waals surface area (Å²) >= 11 is 0. The Morgan fingerprint density at radius 2 is 2.36 bits per heavy atom. The molecule has 4 nitrogen and oxygen atoms in total. The summed E-state index contributed by atoms with van der Waals surface area (Å²) < 4.78 is 5.02. The van der Waals surface area contributed by atoms with Crippen molar-refractivity contribution in [1.29, 1.82) is 0 Å². The number of rotatable bonds is 2. The van der Waals surface area contributed by atoms with Gasteiger partial charge in [0, 0.05) is 25.7 Å². The van der Waals surface area contributed by atoms with Crippen molar-refractivity contribution in [3.05, 3.63) is 0 Å². The van der Waals surface area contributed by atoms with Gasteiger partial charge in [-0.3, -0.25) is 9.80 Å². The van der Waals surface area contributed by atoms with Crippen LogP contribution >= 0.6 is 0 Å². The summed E-state index contributed by atoms with van der Waals surface area (Å²) in [5.74, 6) is 0. The molecule has 2 unspecified atom stereocenters. The maximum absolute atomic E-state index is 11.2. The number of hydrogen-bond donors (Lipinski definition) is 0. The maximum atomic E-state index is 11.2. The van der Waals surface area contributed by atoms with Gasteiger partial charge in [0.2, 0.25) is 0 Å². The summed E-state index contributed by atoms with van der Waals surface area (Å²) in [4.78, 5) is 15.5. The largest absolute Gasteiger partial charge is 0.447 e. The molecule has 0 N–H and O–H groups in total. The lowest BCUT2D eigenvalue weighted by atomic mass is 10.1. The predicted octanol–water partition coefficient (Wildman–Crippen LogP) is 0.921. The van der Waals surface area contributed by atoms with Crippen molar-refractivity contribution in [2.45, 2.75) is 32.4 Å². The van der Waals surface area contributed by atoms with Gasteiger partial charge in [-0.1, -0.05) is 6.92 Å². The Morgan fingerprint density at radius 3 is 3.07 bits per heavy atom. The van der Waals surface area contributed by atoms with Gasteiger partial charge < -0.3 is 4.74 Å². The summed E-state index contributed by atoms with van der Waals surface area (Å²) in [5.41, 5.74) is 0. The Labute approximate surface area is 84.8 Å². The van der Waals surface area contributed by atoms with Crippen molar-refractivity contribution in [3.63, 3.8) is 0 Å². The smallest absolute Gasteiger partial charge is 0.410 e. The highest BCUT2D eigenvalue weighted by Crippen LogP contribution is 2.19. The number of fused-ring (bicyclic) bond motifs is 1. The highest BCUT2D eigenvalue weighted by molar-refractivity contribution is 5.70. The zero-order chi connectivity index (χ0) is 10.1. The quantitative estimate of drug-likeness (QED) is 0.661. The van der Waals surface area contributed by atoms with Crippen LogP contribution in [0.1, 0.15) is 20.3 Å². The number of carbonyl (C=O) groups excluding carboxylic acids is 1. The molecule has 1 amide bonds. The van der Waals surface area contributed by atoms with E-state index >= 15 is 0 Å². The standard InChI is InChI=1S/C10H18N2O2/c1-3-8(2)11-4-5-12-9(6-11)7-14-10(12)13/h8-9H,3-7H2,1-2H3. The van der Waals surface area contributed by atoms with E-state index in [1.54, 1.807) is 0 Å². The molecule has 0 aromatic rings. The molecule has 14 heavy (non-hydrogen) atoms. The molecule has 2 aliphatic heterocycles. The van der Waals surface area contributed by atoms with Crippen LogP contribution in [0.3, 0.4) is 0 Å². The van der Waals surface area contributed by atoms with Gasteiger partial charge in [0.15, 0.2) is 0 Å². The molecule has 4 heteroatoms. The van der Waals surface area contributed by atoms with Gasteiger partial charge in [0.1, 0.15) is 6.61 Å². The molecule has 2 rings (SSSR count). The van der Waals surface area contributed by atoms with E-state index in [9.17, 15) is 4.79 Å². The van der Waals surface area contributed by atoms with Crippen LogP contribution in [0.4, 0.5) is 4.79 Å². The third kappa shape index (κ3) is 1.59. The summed E-state index contributed by atoms with van der Waals surface area (Å²) in [5, 5.41) is 0.